The molecule has 1 N–H and O–H groups in total. The number of hydrogen-bond acceptors (Lipinski definition) is 5. The summed E-state index contributed by atoms with van der Waals surface area (Å²) in [4.78, 5) is 11.8. The van der Waals surface area contributed by atoms with Crippen LogP contribution in [0.15, 0.2) is 18.2 Å². The largest absolute Gasteiger partial charge is 0.432 e. The van der Waals surface area contributed by atoms with Gasteiger partial charge in [0.05, 0.1) is 16.7 Å². The summed E-state index contributed by atoms with van der Waals surface area (Å²) in [5.41, 5.74) is 0.00144. The number of hydrogen-bond donors (Lipinski definition) is 1. The molecule has 0 spiro atoms. The van der Waals surface area contributed by atoms with E-state index < -0.39 is 11.5 Å². The van der Waals surface area contributed by atoms with Crippen LogP contribution in [-0.4, -0.2) is 43.6 Å². The zero-order valence-corrected chi connectivity index (χ0v) is 10.6. The molecule has 0 aromatic heterocycles. The van der Waals surface area contributed by atoms with Crippen molar-refractivity contribution in [1.82, 2.24) is 4.90 Å². The summed E-state index contributed by atoms with van der Waals surface area (Å²) in [5, 5.41) is 13.5. The van der Waals surface area contributed by atoms with Crippen LogP contribution in [0.2, 0.25) is 0 Å². The Morgan fingerprint density at radius 3 is 2.68 bits per heavy atom. The third-order valence-corrected chi connectivity index (χ3v) is 2.27. The van der Waals surface area contributed by atoms with Crippen LogP contribution in [0.1, 0.15) is 0 Å². The molecule has 0 atom stereocenters. The first kappa shape index (κ1) is 15.1. The van der Waals surface area contributed by atoms with Gasteiger partial charge in [-0.15, -0.1) is 0 Å². The lowest BCUT2D eigenvalue weighted by Crippen LogP contribution is -2.21. The van der Waals surface area contributed by atoms with Gasteiger partial charge in [0.25, 0.3) is 5.69 Å². The summed E-state index contributed by atoms with van der Waals surface area (Å²) in [6.45, 7) is -1.84. The van der Waals surface area contributed by atoms with E-state index in [1.165, 1.54) is 12.1 Å². The summed E-state index contributed by atoms with van der Waals surface area (Å²) in [6.07, 6.45) is 0. The second-order valence-corrected chi connectivity index (χ2v) is 4.05. The van der Waals surface area contributed by atoms with Crippen molar-refractivity contribution in [1.29, 1.82) is 0 Å². The van der Waals surface area contributed by atoms with Gasteiger partial charge in [0.2, 0.25) is 0 Å². The van der Waals surface area contributed by atoms with E-state index in [1.807, 2.05) is 19.0 Å². The maximum atomic E-state index is 12.3. The number of anilines is 1. The fourth-order valence-corrected chi connectivity index (χ4v) is 1.38. The standard InChI is InChI=1S/C11H15F2N3O3/c1-15(2)6-5-14-9-4-3-8(16(17)18)7-10(9)19-11(12)13/h3-4,7,11,14H,5-6H2,1-2H3. The first-order chi connectivity index (χ1) is 8.90. The fraction of sp³-hybridized carbons (Fsp3) is 0.455. The molecule has 8 heteroatoms. The van der Waals surface area contributed by atoms with Crippen LogP contribution in [-0.2, 0) is 0 Å². The molecule has 0 saturated carbocycles. The highest BCUT2D eigenvalue weighted by molar-refractivity contribution is 5.60. The number of halogens is 2. The topological polar surface area (TPSA) is 67.6 Å². The number of alkyl halides is 2. The lowest BCUT2D eigenvalue weighted by molar-refractivity contribution is -0.385. The molecular formula is C11H15F2N3O3. The monoisotopic (exact) mass is 275 g/mol. The number of likely N-dealkylation sites (N-methyl/N-ethyl adjacent to an activating group) is 1. The van der Waals surface area contributed by atoms with Gasteiger partial charge < -0.3 is 15.0 Å². The van der Waals surface area contributed by atoms with Crippen molar-refractivity contribution >= 4 is 11.4 Å². The fourth-order valence-electron chi connectivity index (χ4n) is 1.38. The van der Waals surface area contributed by atoms with Gasteiger partial charge in [0.1, 0.15) is 0 Å². The van der Waals surface area contributed by atoms with Crippen molar-refractivity contribution in [3.63, 3.8) is 0 Å². The van der Waals surface area contributed by atoms with Crippen molar-refractivity contribution in [3.05, 3.63) is 28.3 Å². The third-order valence-electron chi connectivity index (χ3n) is 2.27. The van der Waals surface area contributed by atoms with Crippen molar-refractivity contribution in [2.75, 3.05) is 32.5 Å². The van der Waals surface area contributed by atoms with Gasteiger partial charge in [-0.3, -0.25) is 10.1 Å². The Morgan fingerprint density at radius 1 is 1.47 bits per heavy atom. The van der Waals surface area contributed by atoms with Gasteiger partial charge in [-0.1, -0.05) is 0 Å². The van der Waals surface area contributed by atoms with Crippen LogP contribution in [0.3, 0.4) is 0 Å². The van der Waals surface area contributed by atoms with E-state index in [-0.39, 0.29) is 11.4 Å². The van der Waals surface area contributed by atoms with E-state index in [0.29, 0.717) is 18.8 Å². The predicted molar refractivity (Wildman–Crippen MR) is 66.8 cm³/mol. The maximum Gasteiger partial charge on any atom is 0.387 e. The molecule has 1 aromatic rings. The molecule has 0 heterocycles. The SMILES string of the molecule is CN(C)CCNc1ccc([N+](=O)[O-])cc1OC(F)F. The number of benzene rings is 1. The molecule has 0 unspecified atom stereocenters. The predicted octanol–water partition coefficient (Wildman–Crippen LogP) is 2.17. The van der Waals surface area contributed by atoms with E-state index in [2.05, 4.69) is 10.1 Å². The molecule has 0 aliphatic rings. The summed E-state index contributed by atoms with van der Waals surface area (Å²) < 4.78 is 28.8. The van der Waals surface area contributed by atoms with Gasteiger partial charge in [0, 0.05) is 19.2 Å². The highest BCUT2D eigenvalue weighted by Gasteiger charge is 2.15. The first-order valence-corrected chi connectivity index (χ1v) is 5.52. The average molecular weight is 275 g/mol. The number of nitro groups is 1. The lowest BCUT2D eigenvalue weighted by Gasteiger charge is -2.14. The Morgan fingerprint density at radius 2 is 2.16 bits per heavy atom. The van der Waals surface area contributed by atoms with Gasteiger partial charge in [-0.2, -0.15) is 8.78 Å². The maximum absolute atomic E-state index is 12.3. The minimum absolute atomic E-state index is 0.233. The van der Waals surface area contributed by atoms with Crippen LogP contribution in [0.4, 0.5) is 20.2 Å². The number of non-ortho nitro benzene ring substituents is 1. The molecule has 0 aliphatic heterocycles. The Labute approximate surface area is 109 Å². The lowest BCUT2D eigenvalue weighted by atomic mass is 10.2. The minimum Gasteiger partial charge on any atom is -0.432 e. The molecule has 0 saturated heterocycles. The number of rotatable bonds is 7. The van der Waals surface area contributed by atoms with Crippen LogP contribution >= 0.6 is 0 Å². The van der Waals surface area contributed by atoms with E-state index in [9.17, 15) is 18.9 Å². The molecule has 0 amide bonds. The zero-order chi connectivity index (χ0) is 14.4. The Kier molecular flexibility index (Phi) is 5.43. The van der Waals surface area contributed by atoms with Gasteiger partial charge in [0.15, 0.2) is 5.75 Å². The minimum atomic E-state index is -3.03. The highest BCUT2D eigenvalue weighted by atomic mass is 19.3. The van der Waals surface area contributed by atoms with Crippen molar-refractivity contribution in [3.8, 4) is 5.75 Å². The van der Waals surface area contributed by atoms with Crippen LogP contribution in [0.5, 0.6) is 5.75 Å². The van der Waals surface area contributed by atoms with E-state index >= 15 is 0 Å². The first-order valence-electron chi connectivity index (χ1n) is 5.52. The molecule has 1 rings (SSSR count). The van der Waals surface area contributed by atoms with Gasteiger partial charge in [-0.05, 0) is 20.2 Å². The van der Waals surface area contributed by atoms with Crippen molar-refractivity contribution < 1.29 is 18.4 Å². The van der Waals surface area contributed by atoms with E-state index in [1.54, 1.807) is 0 Å². The van der Waals surface area contributed by atoms with Crippen LogP contribution in [0.25, 0.3) is 0 Å². The highest BCUT2D eigenvalue weighted by Crippen LogP contribution is 2.30. The number of nitrogens with zero attached hydrogens (tertiary/aromatic N) is 2. The molecule has 1 aromatic carbocycles. The Hall–Kier alpha value is -1.96. The van der Waals surface area contributed by atoms with E-state index in [0.717, 1.165) is 6.07 Å². The van der Waals surface area contributed by atoms with E-state index in [4.69, 9.17) is 0 Å². The smallest absolute Gasteiger partial charge is 0.387 e. The molecule has 6 nitrogen and oxygen atoms in total. The second kappa shape index (κ2) is 6.83. The average Bonchev–Trinajstić information content (AvgIpc) is 2.29. The van der Waals surface area contributed by atoms with Crippen LogP contribution < -0.4 is 10.1 Å². The normalized spacial score (nSPS) is 10.8. The molecule has 19 heavy (non-hydrogen) atoms. The summed E-state index contributed by atoms with van der Waals surface area (Å²) in [6, 6.07) is 3.56. The third kappa shape index (κ3) is 5.04. The molecule has 0 bridgehead atoms. The Bertz CT molecular complexity index is 441. The quantitative estimate of drug-likeness (QED) is 0.610. The Balaban J connectivity index is 2.85. The summed E-state index contributed by atoms with van der Waals surface area (Å²) >= 11 is 0. The molecular weight excluding hydrogens is 260 g/mol. The second-order valence-electron chi connectivity index (χ2n) is 4.05. The van der Waals surface area contributed by atoms with Crippen molar-refractivity contribution in [2.45, 2.75) is 6.61 Å². The molecule has 0 fully saturated rings. The number of ether oxygens (including phenoxy) is 1. The number of nitro benzene ring substituents is 1. The molecule has 106 valence electrons. The summed E-state index contributed by atoms with van der Waals surface area (Å²) in [5.74, 6) is -0.233. The van der Waals surface area contributed by atoms with Crippen LogP contribution in [0, 0.1) is 10.1 Å². The van der Waals surface area contributed by atoms with Gasteiger partial charge in [-0.25, -0.2) is 0 Å². The van der Waals surface area contributed by atoms with Gasteiger partial charge >= 0.3 is 6.61 Å². The molecule has 0 radical (unpaired) electrons. The number of nitrogens with one attached hydrogen (secondary N) is 1. The van der Waals surface area contributed by atoms with Crippen molar-refractivity contribution in [2.24, 2.45) is 0 Å². The summed E-state index contributed by atoms with van der Waals surface area (Å²) in [7, 11) is 3.74. The zero-order valence-electron chi connectivity index (χ0n) is 10.6. The molecule has 0 aliphatic carbocycles.